The zero-order chi connectivity index (χ0) is 6.41. The lowest BCUT2D eigenvalue weighted by Crippen LogP contribution is -2.18. The van der Waals surface area contributed by atoms with Crippen LogP contribution < -0.4 is 5.73 Å². The van der Waals surface area contributed by atoms with Crippen LogP contribution in [0.2, 0.25) is 0 Å². The largest absolute Gasteiger partial charge is 0.356 e. The van der Waals surface area contributed by atoms with Gasteiger partial charge in [-0.2, -0.15) is 0 Å². The van der Waals surface area contributed by atoms with Crippen LogP contribution >= 0.6 is 0 Å². The molecule has 8 heavy (non-hydrogen) atoms. The summed E-state index contributed by atoms with van der Waals surface area (Å²) in [6, 6.07) is 0. The third-order valence-corrected chi connectivity index (χ3v) is 0.793. The van der Waals surface area contributed by atoms with Crippen LogP contribution in [0.3, 0.4) is 0 Å². The highest BCUT2D eigenvalue weighted by Crippen LogP contribution is 1.91. The van der Waals surface area contributed by atoms with Crippen molar-refractivity contribution >= 4 is 0 Å². The Kier molecular flexibility index (Phi) is 4.95. The summed E-state index contributed by atoms with van der Waals surface area (Å²) < 4.78 is 9.56. The molecule has 0 amide bonds. The first-order valence-electron chi connectivity index (χ1n) is 2.44. The monoisotopic (exact) mass is 118 g/mol. The number of hydrogen-bond donors (Lipinski definition) is 1. The van der Waals surface area contributed by atoms with Crippen molar-refractivity contribution in [2.75, 3.05) is 20.8 Å². The lowest BCUT2D eigenvalue weighted by atomic mass is 10.4. The van der Waals surface area contributed by atoms with Gasteiger partial charge in [0.25, 0.3) is 0 Å². The Bertz CT molecular complexity index is 45.7. The third-order valence-electron chi connectivity index (χ3n) is 0.793. The van der Waals surface area contributed by atoms with Crippen LogP contribution in [-0.4, -0.2) is 27.1 Å². The lowest BCUT2D eigenvalue weighted by molar-refractivity contribution is -0.0782. The Morgan fingerprint density at radius 3 is 2.12 bits per heavy atom. The molecular weight excluding hydrogens is 106 g/mol. The van der Waals surface area contributed by atoms with Crippen molar-refractivity contribution in [2.45, 2.75) is 6.29 Å². The van der Waals surface area contributed by atoms with E-state index in [0.29, 0.717) is 6.54 Å². The molecule has 0 aliphatic carbocycles. The molecule has 2 N–H and O–H groups in total. The van der Waals surface area contributed by atoms with Crippen molar-refractivity contribution in [3.05, 3.63) is 6.42 Å². The Labute approximate surface area is 49.8 Å². The first kappa shape index (κ1) is 7.88. The summed E-state index contributed by atoms with van der Waals surface area (Å²) in [5.74, 6) is 0. The quantitative estimate of drug-likeness (QED) is 0.518. The second-order valence-electron chi connectivity index (χ2n) is 1.31. The van der Waals surface area contributed by atoms with Gasteiger partial charge in [-0.25, -0.2) is 0 Å². The Balaban J connectivity index is 3.07. The minimum Gasteiger partial charge on any atom is -0.356 e. The second kappa shape index (κ2) is 5.03. The topological polar surface area (TPSA) is 44.5 Å². The van der Waals surface area contributed by atoms with E-state index in [9.17, 15) is 0 Å². The molecule has 49 valence electrons. The Morgan fingerprint density at radius 1 is 1.50 bits per heavy atom. The van der Waals surface area contributed by atoms with Crippen LogP contribution in [0.1, 0.15) is 0 Å². The molecule has 0 aliphatic heterocycles. The van der Waals surface area contributed by atoms with Crippen molar-refractivity contribution < 1.29 is 9.47 Å². The van der Waals surface area contributed by atoms with Crippen molar-refractivity contribution in [3.8, 4) is 0 Å². The summed E-state index contributed by atoms with van der Waals surface area (Å²) in [5, 5.41) is 0. The lowest BCUT2D eigenvalue weighted by Gasteiger charge is -2.09. The van der Waals surface area contributed by atoms with Gasteiger partial charge in [0.2, 0.25) is 0 Å². The fourth-order valence-electron chi connectivity index (χ4n) is 0.400. The predicted octanol–water partition coefficient (Wildman–Crippen LogP) is -0.232. The Hall–Kier alpha value is -0.120. The predicted molar refractivity (Wildman–Crippen MR) is 31.2 cm³/mol. The van der Waals surface area contributed by atoms with E-state index < -0.39 is 0 Å². The molecule has 1 radical (unpaired) electrons. The van der Waals surface area contributed by atoms with E-state index in [1.807, 2.05) is 0 Å². The van der Waals surface area contributed by atoms with Crippen LogP contribution in [0.5, 0.6) is 0 Å². The van der Waals surface area contributed by atoms with Gasteiger partial charge in [-0.15, -0.1) is 0 Å². The van der Waals surface area contributed by atoms with Gasteiger partial charge in [-0.1, -0.05) is 0 Å². The fourth-order valence-corrected chi connectivity index (χ4v) is 0.400. The average Bonchev–Trinajstić information content (AvgIpc) is 1.83. The summed E-state index contributed by atoms with van der Waals surface area (Å²) in [4.78, 5) is 0. The molecule has 0 saturated heterocycles. The molecule has 0 heterocycles. The molecule has 0 bridgehead atoms. The maximum atomic E-state index is 5.16. The molecule has 0 aromatic heterocycles. The van der Waals surface area contributed by atoms with E-state index in [1.54, 1.807) is 20.6 Å². The normalized spacial score (nSPS) is 10.5. The van der Waals surface area contributed by atoms with Gasteiger partial charge in [0.1, 0.15) is 0 Å². The number of rotatable bonds is 4. The number of methoxy groups -OCH3 is 2. The summed E-state index contributed by atoms with van der Waals surface area (Å²) in [6.07, 6.45) is 1.49. The van der Waals surface area contributed by atoms with Gasteiger partial charge in [-0.05, 0) is 0 Å². The highest BCUT2D eigenvalue weighted by molar-refractivity contribution is 4.68. The molecule has 0 aliphatic rings. The molecule has 0 spiro atoms. The highest BCUT2D eigenvalue weighted by atomic mass is 16.7. The number of ether oxygens (including phenoxy) is 2. The van der Waals surface area contributed by atoms with E-state index in [-0.39, 0.29) is 6.29 Å². The maximum Gasteiger partial charge on any atom is 0.161 e. The zero-order valence-electron chi connectivity index (χ0n) is 5.26. The van der Waals surface area contributed by atoms with Gasteiger partial charge in [0, 0.05) is 27.2 Å². The van der Waals surface area contributed by atoms with Crippen molar-refractivity contribution in [1.82, 2.24) is 0 Å². The van der Waals surface area contributed by atoms with E-state index in [2.05, 4.69) is 0 Å². The first-order chi connectivity index (χ1) is 3.85. The summed E-state index contributed by atoms with van der Waals surface area (Å²) in [5.41, 5.74) is 5.16. The average molecular weight is 118 g/mol. The zero-order valence-corrected chi connectivity index (χ0v) is 5.26. The van der Waals surface area contributed by atoms with Gasteiger partial charge < -0.3 is 15.2 Å². The van der Waals surface area contributed by atoms with E-state index in [0.717, 1.165) is 0 Å². The molecule has 0 unspecified atom stereocenters. The molecule has 0 saturated carbocycles. The Morgan fingerprint density at radius 2 is 2.00 bits per heavy atom. The van der Waals surface area contributed by atoms with Crippen molar-refractivity contribution in [3.63, 3.8) is 0 Å². The molecule has 0 atom stereocenters. The van der Waals surface area contributed by atoms with Gasteiger partial charge in [0.15, 0.2) is 6.29 Å². The van der Waals surface area contributed by atoms with Crippen molar-refractivity contribution in [2.24, 2.45) is 5.73 Å². The van der Waals surface area contributed by atoms with Crippen LogP contribution in [0.4, 0.5) is 0 Å². The first-order valence-corrected chi connectivity index (χ1v) is 2.44. The van der Waals surface area contributed by atoms with E-state index in [4.69, 9.17) is 15.2 Å². The van der Waals surface area contributed by atoms with E-state index in [1.165, 1.54) is 0 Å². The minimum atomic E-state index is -0.250. The summed E-state index contributed by atoms with van der Waals surface area (Å²) in [7, 11) is 3.14. The van der Waals surface area contributed by atoms with Crippen LogP contribution in [0.25, 0.3) is 0 Å². The standard InChI is InChI=1S/C5H12NO2/c1-7-5(8-2)3-4-6/h3,5H,4,6H2,1-2H3. The molecule has 0 aromatic rings. The summed E-state index contributed by atoms with van der Waals surface area (Å²) >= 11 is 0. The van der Waals surface area contributed by atoms with E-state index >= 15 is 0 Å². The second-order valence-corrected chi connectivity index (χ2v) is 1.31. The third kappa shape index (κ3) is 2.96. The molecule has 3 nitrogen and oxygen atoms in total. The van der Waals surface area contributed by atoms with Crippen LogP contribution in [0.15, 0.2) is 0 Å². The SMILES string of the molecule is COC([CH]CN)OC. The number of nitrogens with two attached hydrogens (primary N) is 1. The smallest absolute Gasteiger partial charge is 0.161 e. The fraction of sp³-hybridized carbons (Fsp3) is 0.800. The molecule has 0 aromatic carbocycles. The van der Waals surface area contributed by atoms with Gasteiger partial charge in [-0.3, -0.25) is 0 Å². The molecule has 0 fully saturated rings. The van der Waals surface area contributed by atoms with Crippen molar-refractivity contribution in [1.29, 1.82) is 0 Å². The molecular formula is C5H12NO2. The van der Waals surface area contributed by atoms with Crippen LogP contribution in [0, 0.1) is 6.42 Å². The molecule has 3 heteroatoms. The molecule has 0 rings (SSSR count). The highest BCUT2D eigenvalue weighted by Gasteiger charge is 2.00. The minimum absolute atomic E-state index is 0.250. The number of hydrogen-bond acceptors (Lipinski definition) is 3. The van der Waals surface area contributed by atoms with Crippen LogP contribution in [-0.2, 0) is 9.47 Å². The van der Waals surface area contributed by atoms with Gasteiger partial charge >= 0.3 is 0 Å². The van der Waals surface area contributed by atoms with Gasteiger partial charge in [0.05, 0.1) is 0 Å². The summed E-state index contributed by atoms with van der Waals surface area (Å²) in [6.45, 7) is 0.479. The maximum absolute atomic E-state index is 5.16.